The van der Waals surface area contributed by atoms with Crippen molar-refractivity contribution in [1.82, 2.24) is 14.3 Å². The lowest BCUT2D eigenvalue weighted by atomic mass is 10.0. The van der Waals surface area contributed by atoms with Gasteiger partial charge in [-0.3, -0.25) is 4.79 Å². The lowest BCUT2D eigenvalue weighted by Gasteiger charge is -2.35. The van der Waals surface area contributed by atoms with Crippen LogP contribution in [0, 0.1) is 6.92 Å². The van der Waals surface area contributed by atoms with E-state index >= 15 is 0 Å². The van der Waals surface area contributed by atoms with Gasteiger partial charge in [0.1, 0.15) is 0 Å². The predicted octanol–water partition coefficient (Wildman–Crippen LogP) is 3.69. The molecule has 4 heterocycles. The third kappa shape index (κ3) is 4.67. The number of anilines is 4. The molecule has 2 aromatic carbocycles. The molecule has 3 aromatic rings. The molecule has 0 saturated carbocycles. The van der Waals surface area contributed by atoms with Crippen LogP contribution in [0.2, 0.25) is 0 Å². The van der Waals surface area contributed by atoms with Crippen LogP contribution < -0.4 is 15.5 Å². The monoisotopic (exact) mass is 518 g/mol. The first-order chi connectivity index (χ1) is 17.7. The fourth-order valence-corrected chi connectivity index (χ4v) is 6.97. The van der Waals surface area contributed by atoms with E-state index in [-0.39, 0.29) is 18.0 Å². The molecule has 0 spiro atoms. The van der Waals surface area contributed by atoms with Crippen LogP contribution in [0.3, 0.4) is 0 Å². The highest BCUT2D eigenvalue weighted by Crippen LogP contribution is 2.38. The molecule has 2 fully saturated rings. The number of carbonyl (C=O) groups excluding carboxylic acids is 1. The Kier molecular flexibility index (Phi) is 5.88. The van der Waals surface area contributed by atoms with Crippen molar-refractivity contribution in [2.75, 3.05) is 34.9 Å². The fraction of sp³-hybridized carbons (Fsp3) is 0.370. The van der Waals surface area contributed by atoms with Crippen LogP contribution >= 0.6 is 0 Å². The summed E-state index contributed by atoms with van der Waals surface area (Å²) in [6.45, 7) is 3.35. The van der Waals surface area contributed by atoms with Gasteiger partial charge in [-0.1, -0.05) is 6.07 Å². The third-order valence-electron chi connectivity index (χ3n) is 7.56. The van der Waals surface area contributed by atoms with Gasteiger partial charge in [-0.05, 0) is 73.7 Å². The van der Waals surface area contributed by atoms with Crippen molar-refractivity contribution in [3.05, 3.63) is 59.8 Å². The third-order valence-corrected chi connectivity index (χ3v) is 8.86. The summed E-state index contributed by atoms with van der Waals surface area (Å²) in [5, 5.41) is 6.30. The summed E-state index contributed by atoms with van der Waals surface area (Å²) in [6.07, 6.45) is 6.16. The van der Waals surface area contributed by atoms with E-state index in [1.54, 1.807) is 10.5 Å². The number of hydrogen-bond acceptors (Lipinski definition) is 7. The highest BCUT2D eigenvalue weighted by atomic mass is 32.2. The average Bonchev–Trinajstić information content (AvgIpc) is 3.41. The van der Waals surface area contributed by atoms with Crippen molar-refractivity contribution in [2.24, 2.45) is 0 Å². The molecule has 192 valence electrons. The summed E-state index contributed by atoms with van der Waals surface area (Å²) in [5.41, 5.74) is 6.95. The van der Waals surface area contributed by atoms with E-state index in [1.165, 1.54) is 6.26 Å². The number of carbonyl (C=O) groups is 1. The first-order valence-corrected chi connectivity index (χ1v) is 14.5. The predicted molar refractivity (Wildman–Crippen MR) is 145 cm³/mol. The molecule has 0 unspecified atom stereocenters. The number of piperazine rings is 1. The second-order valence-corrected chi connectivity index (χ2v) is 12.1. The first kappa shape index (κ1) is 23.9. The maximum atomic E-state index is 12.0. The van der Waals surface area contributed by atoms with Crippen LogP contribution in [-0.2, 0) is 21.2 Å². The molecule has 2 atom stereocenters. The Morgan fingerprint density at radius 3 is 2.68 bits per heavy atom. The molecule has 2 bridgehead atoms. The van der Waals surface area contributed by atoms with Crippen molar-refractivity contribution in [3.8, 4) is 11.3 Å². The van der Waals surface area contributed by atoms with Crippen LogP contribution in [0.25, 0.3) is 11.3 Å². The number of amides is 1. The molecule has 0 radical (unpaired) electrons. The van der Waals surface area contributed by atoms with E-state index in [1.807, 2.05) is 24.3 Å². The molecule has 37 heavy (non-hydrogen) atoms. The zero-order valence-electron chi connectivity index (χ0n) is 20.9. The molecule has 9 nitrogen and oxygen atoms in total. The minimum atomic E-state index is -3.16. The van der Waals surface area contributed by atoms with E-state index in [9.17, 15) is 13.2 Å². The summed E-state index contributed by atoms with van der Waals surface area (Å²) >= 11 is 0. The van der Waals surface area contributed by atoms with E-state index in [2.05, 4.69) is 45.6 Å². The number of rotatable bonds is 5. The molecular weight excluding hydrogens is 488 g/mol. The van der Waals surface area contributed by atoms with Crippen molar-refractivity contribution in [1.29, 1.82) is 0 Å². The Bertz CT molecular complexity index is 1490. The van der Waals surface area contributed by atoms with Gasteiger partial charge in [0.2, 0.25) is 21.9 Å². The molecule has 2 N–H and O–H groups in total. The Morgan fingerprint density at radius 2 is 1.92 bits per heavy atom. The van der Waals surface area contributed by atoms with Crippen molar-refractivity contribution >= 4 is 38.9 Å². The molecule has 3 aliphatic heterocycles. The second-order valence-electron chi connectivity index (χ2n) is 10.2. The highest BCUT2D eigenvalue weighted by molar-refractivity contribution is 7.88. The minimum Gasteiger partial charge on any atom is -0.365 e. The van der Waals surface area contributed by atoms with Crippen molar-refractivity contribution in [3.63, 3.8) is 0 Å². The molecule has 2 saturated heterocycles. The topological polar surface area (TPSA) is 108 Å². The van der Waals surface area contributed by atoms with Crippen LogP contribution in [0.5, 0.6) is 0 Å². The van der Waals surface area contributed by atoms with Gasteiger partial charge in [0, 0.05) is 60.4 Å². The van der Waals surface area contributed by atoms with E-state index in [0.29, 0.717) is 18.9 Å². The van der Waals surface area contributed by atoms with Gasteiger partial charge in [-0.2, -0.15) is 4.31 Å². The Balaban J connectivity index is 1.18. The first-order valence-electron chi connectivity index (χ1n) is 12.6. The normalized spacial score (nSPS) is 21.5. The molecule has 10 heteroatoms. The maximum Gasteiger partial charge on any atom is 0.227 e. The van der Waals surface area contributed by atoms with Gasteiger partial charge in [-0.25, -0.2) is 18.4 Å². The molecule has 1 aromatic heterocycles. The quantitative estimate of drug-likeness (QED) is 0.530. The Morgan fingerprint density at radius 1 is 1.05 bits per heavy atom. The SMILES string of the molecule is Cc1cc(Nc2nccc(-c3ccc4c(c3)CCCC(=O)N4)n2)ccc1N1C[C@@H]2C[C@H]1CN2S(C)(=O)=O. The van der Waals surface area contributed by atoms with Crippen molar-refractivity contribution in [2.45, 2.75) is 44.7 Å². The fourth-order valence-electron chi connectivity index (χ4n) is 5.83. The van der Waals surface area contributed by atoms with Crippen molar-refractivity contribution < 1.29 is 13.2 Å². The van der Waals surface area contributed by atoms with E-state index < -0.39 is 10.0 Å². The smallest absolute Gasteiger partial charge is 0.227 e. The van der Waals surface area contributed by atoms with Gasteiger partial charge in [0.25, 0.3) is 0 Å². The zero-order chi connectivity index (χ0) is 25.7. The van der Waals surface area contributed by atoms with E-state index in [0.717, 1.165) is 65.3 Å². The van der Waals surface area contributed by atoms with Gasteiger partial charge in [0.05, 0.1) is 11.9 Å². The van der Waals surface area contributed by atoms with Gasteiger partial charge in [-0.15, -0.1) is 0 Å². The number of hydrogen-bond donors (Lipinski definition) is 2. The largest absolute Gasteiger partial charge is 0.365 e. The number of nitrogens with one attached hydrogen (secondary N) is 2. The number of sulfonamides is 1. The highest BCUT2D eigenvalue weighted by Gasteiger charge is 2.47. The van der Waals surface area contributed by atoms with E-state index in [4.69, 9.17) is 4.98 Å². The summed E-state index contributed by atoms with van der Waals surface area (Å²) in [5.74, 6) is 0.575. The number of nitrogens with zero attached hydrogens (tertiary/aromatic N) is 4. The van der Waals surface area contributed by atoms with Crippen LogP contribution in [-0.4, -0.2) is 60.0 Å². The standard InChI is InChI=1S/C27H30N6O3S/c1-17-12-20(7-9-25(17)32-15-22-14-21(32)16-33(22)37(2,35)36)29-27-28-11-10-24(31-27)19-6-8-23-18(13-19)4-3-5-26(34)30-23/h6-13,21-22H,3-5,14-16H2,1-2H3,(H,30,34)(H,28,29,31)/t21-,22-/m0/s1. The molecule has 6 rings (SSSR count). The van der Waals surface area contributed by atoms with Crippen LogP contribution in [0.1, 0.15) is 30.4 Å². The molecule has 1 amide bonds. The van der Waals surface area contributed by atoms with Gasteiger partial charge in [0.15, 0.2) is 0 Å². The van der Waals surface area contributed by atoms with Crippen LogP contribution in [0.15, 0.2) is 48.7 Å². The lowest BCUT2D eigenvalue weighted by molar-refractivity contribution is -0.116. The Labute approximate surface area is 217 Å². The van der Waals surface area contributed by atoms with Crippen LogP contribution in [0.4, 0.5) is 23.0 Å². The number of benzene rings is 2. The number of aryl methyl sites for hydroxylation is 2. The molecule has 3 aliphatic rings. The summed E-state index contributed by atoms with van der Waals surface area (Å²) < 4.78 is 25.7. The summed E-state index contributed by atoms with van der Waals surface area (Å²) in [4.78, 5) is 23.3. The van der Waals surface area contributed by atoms with Gasteiger partial charge >= 0.3 is 0 Å². The average molecular weight is 519 g/mol. The van der Waals surface area contributed by atoms with Gasteiger partial charge < -0.3 is 15.5 Å². The number of fused-ring (bicyclic) bond motifs is 3. The number of aromatic nitrogens is 2. The zero-order valence-corrected chi connectivity index (χ0v) is 21.8. The lowest BCUT2D eigenvalue weighted by Crippen LogP contribution is -2.48. The molecule has 0 aliphatic carbocycles. The maximum absolute atomic E-state index is 12.0. The minimum absolute atomic E-state index is 0.0533. The summed E-state index contributed by atoms with van der Waals surface area (Å²) in [6, 6.07) is 14.4. The summed E-state index contributed by atoms with van der Waals surface area (Å²) in [7, 11) is -3.16. The molecular formula is C27H30N6O3S. The second kappa shape index (κ2) is 9.11. The Hall–Kier alpha value is -3.50.